The van der Waals surface area contributed by atoms with Crippen molar-refractivity contribution in [3.63, 3.8) is 0 Å². The van der Waals surface area contributed by atoms with Gasteiger partial charge < -0.3 is 14.9 Å². The number of carbonyl (C=O) groups excluding carboxylic acids is 1. The third-order valence-corrected chi connectivity index (χ3v) is 3.55. The molecule has 1 rings (SSSR count). The molecule has 0 spiro atoms. The lowest BCUT2D eigenvalue weighted by atomic mass is 9.76. The number of piperidine rings is 1. The Labute approximate surface area is 102 Å². The van der Waals surface area contributed by atoms with E-state index in [1.54, 1.807) is 11.9 Å². The topological polar surface area (TPSA) is 60.9 Å². The maximum Gasteiger partial charge on any atom is 0.327 e. The van der Waals surface area contributed by atoms with E-state index in [0.717, 1.165) is 12.8 Å². The Balaban J connectivity index is 2.96. The highest BCUT2D eigenvalue weighted by molar-refractivity contribution is 5.83. The van der Waals surface area contributed by atoms with Crippen LogP contribution in [0.5, 0.6) is 0 Å². The molecular formula is C12H22N2O3. The number of carboxylic acids is 1. The Hall–Kier alpha value is -1.26. The quantitative estimate of drug-likeness (QED) is 0.800. The van der Waals surface area contributed by atoms with Crippen molar-refractivity contribution in [3.8, 4) is 0 Å². The normalized spacial score (nSPS) is 23.3. The van der Waals surface area contributed by atoms with Crippen LogP contribution in [-0.2, 0) is 4.79 Å². The molecule has 1 unspecified atom stereocenters. The smallest absolute Gasteiger partial charge is 0.327 e. The number of likely N-dealkylation sites (tertiary alicyclic amines) is 1. The number of carboxylic acid groups (broad SMARTS) is 1. The van der Waals surface area contributed by atoms with Crippen LogP contribution >= 0.6 is 0 Å². The van der Waals surface area contributed by atoms with Gasteiger partial charge in [-0.15, -0.1) is 0 Å². The molecule has 1 aliphatic heterocycles. The van der Waals surface area contributed by atoms with Gasteiger partial charge in [0.15, 0.2) is 0 Å². The predicted molar refractivity (Wildman–Crippen MR) is 64.8 cm³/mol. The maximum absolute atomic E-state index is 12.1. The van der Waals surface area contributed by atoms with Crippen molar-refractivity contribution in [1.29, 1.82) is 0 Å². The van der Waals surface area contributed by atoms with Gasteiger partial charge in [-0.05, 0) is 25.2 Å². The minimum absolute atomic E-state index is 0.187. The largest absolute Gasteiger partial charge is 0.480 e. The lowest BCUT2D eigenvalue weighted by Gasteiger charge is -2.44. The molecule has 0 aromatic carbocycles. The molecular weight excluding hydrogens is 220 g/mol. The van der Waals surface area contributed by atoms with Crippen LogP contribution in [-0.4, -0.2) is 53.1 Å². The predicted octanol–water partition coefficient (Wildman–Crippen LogP) is 1.63. The maximum atomic E-state index is 12.1. The summed E-state index contributed by atoms with van der Waals surface area (Å²) in [5, 5.41) is 9.34. The summed E-state index contributed by atoms with van der Waals surface area (Å²) in [5.41, 5.74) is -0.367. The van der Waals surface area contributed by atoms with Gasteiger partial charge in [0.05, 0.1) is 0 Å². The van der Waals surface area contributed by atoms with E-state index in [1.165, 1.54) is 4.90 Å². The van der Waals surface area contributed by atoms with Gasteiger partial charge in [-0.3, -0.25) is 0 Å². The zero-order chi connectivity index (χ0) is 13.2. The molecule has 5 heteroatoms. The van der Waals surface area contributed by atoms with Crippen molar-refractivity contribution < 1.29 is 14.7 Å². The summed E-state index contributed by atoms with van der Waals surface area (Å²) in [6, 6.07) is -0.912. The summed E-state index contributed by atoms with van der Waals surface area (Å²) >= 11 is 0. The molecule has 0 radical (unpaired) electrons. The monoisotopic (exact) mass is 242 g/mol. The Morgan fingerprint density at radius 1 is 1.47 bits per heavy atom. The third-order valence-electron chi connectivity index (χ3n) is 3.55. The van der Waals surface area contributed by atoms with Gasteiger partial charge in [0.2, 0.25) is 0 Å². The Morgan fingerprint density at radius 2 is 2.06 bits per heavy atom. The average Bonchev–Trinajstić information content (AvgIpc) is 2.24. The first-order valence-electron chi connectivity index (χ1n) is 6.05. The van der Waals surface area contributed by atoms with E-state index >= 15 is 0 Å². The first-order valence-corrected chi connectivity index (χ1v) is 6.05. The molecule has 0 bridgehead atoms. The van der Waals surface area contributed by atoms with Crippen molar-refractivity contribution in [2.75, 3.05) is 20.1 Å². The van der Waals surface area contributed by atoms with Crippen LogP contribution in [0.25, 0.3) is 0 Å². The molecule has 5 nitrogen and oxygen atoms in total. The summed E-state index contributed by atoms with van der Waals surface area (Å²) in [4.78, 5) is 26.6. The number of urea groups is 1. The number of amides is 2. The number of hydrogen-bond acceptors (Lipinski definition) is 2. The van der Waals surface area contributed by atoms with Crippen molar-refractivity contribution >= 4 is 12.0 Å². The van der Waals surface area contributed by atoms with E-state index in [-0.39, 0.29) is 11.4 Å². The SMILES string of the molecule is CCN(C)C(=O)N1CCCC(C)(C)C1C(=O)O. The number of carbonyl (C=O) groups is 2. The molecule has 0 aromatic heterocycles. The number of hydrogen-bond donors (Lipinski definition) is 1. The Kier molecular flexibility index (Phi) is 4.01. The van der Waals surface area contributed by atoms with Gasteiger partial charge in [0.25, 0.3) is 0 Å². The van der Waals surface area contributed by atoms with Crippen molar-refractivity contribution in [3.05, 3.63) is 0 Å². The van der Waals surface area contributed by atoms with Gasteiger partial charge in [0, 0.05) is 20.1 Å². The first kappa shape index (κ1) is 13.8. The van der Waals surface area contributed by atoms with Crippen LogP contribution in [0.3, 0.4) is 0 Å². The summed E-state index contributed by atoms with van der Waals surface area (Å²) in [5.74, 6) is -0.910. The van der Waals surface area contributed by atoms with Crippen LogP contribution in [0, 0.1) is 5.41 Å². The van der Waals surface area contributed by atoms with Gasteiger partial charge in [-0.1, -0.05) is 13.8 Å². The molecule has 1 fully saturated rings. The van der Waals surface area contributed by atoms with E-state index in [2.05, 4.69) is 0 Å². The van der Waals surface area contributed by atoms with Crippen LogP contribution in [0.4, 0.5) is 4.79 Å². The second-order valence-electron chi connectivity index (χ2n) is 5.32. The van der Waals surface area contributed by atoms with E-state index in [9.17, 15) is 14.7 Å². The standard InChI is InChI=1S/C12H22N2O3/c1-5-13(4)11(17)14-8-6-7-12(2,3)9(14)10(15)16/h9H,5-8H2,1-4H3,(H,15,16). The lowest BCUT2D eigenvalue weighted by molar-refractivity contribution is -0.148. The summed E-state index contributed by atoms with van der Waals surface area (Å²) < 4.78 is 0. The third kappa shape index (κ3) is 2.70. The van der Waals surface area contributed by atoms with Crippen LogP contribution in [0.2, 0.25) is 0 Å². The highest BCUT2D eigenvalue weighted by Crippen LogP contribution is 2.35. The fraction of sp³-hybridized carbons (Fsp3) is 0.833. The molecule has 98 valence electrons. The van der Waals surface area contributed by atoms with Crippen LogP contribution < -0.4 is 0 Å². The second-order valence-corrected chi connectivity index (χ2v) is 5.32. The Morgan fingerprint density at radius 3 is 2.53 bits per heavy atom. The minimum Gasteiger partial charge on any atom is -0.480 e. The molecule has 2 amide bonds. The molecule has 0 aromatic rings. The number of aliphatic carboxylic acids is 1. The van der Waals surface area contributed by atoms with E-state index < -0.39 is 12.0 Å². The second kappa shape index (κ2) is 4.94. The molecule has 0 aliphatic carbocycles. The van der Waals surface area contributed by atoms with Crippen molar-refractivity contribution in [2.24, 2.45) is 5.41 Å². The lowest BCUT2D eigenvalue weighted by Crippen LogP contribution is -2.58. The zero-order valence-electron chi connectivity index (χ0n) is 11.1. The van der Waals surface area contributed by atoms with Gasteiger partial charge in [-0.25, -0.2) is 9.59 Å². The van der Waals surface area contributed by atoms with E-state index in [4.69, 9.17) is 0 Å². The highest BCUT2D eigenvalue weighted by atomic mass is 16.4. The zero-order valence-corrected chi connectivity index (χ0v) is 11.1. The molecule has 17 heavy (non-hydrogen) atoms. The van der Waals surface area contributed by atoms with Crippen molar-refractivity contribution in [2.45, 2.75) is 39.7 Å². The molecule has 1 N–H and O–H groups in total. The van der Waals surface area contributed by atoms with E-state index in [0.29, 0.717) is 13.1 Å². The Bertz CT molecular complexity index is 315. The molecule has 1 aliphatic rings. The van der Waals surface area contributed by atoms with Gasteiger partial charge in [-0.2, -0.15) is 0 Å². The van der Waals surface area contributed by atoms with Gasteiger partial charge in [0.1, 0.15) is 6.04 Å². The van der Waals surface area contributed by atoms with Gasteiger partial charge >= 0.3 is 12.0 Å². The fourth-order valence-electron chi connectivity index (χ4n) is 2.42. The van der Waals surface area contributed by atoms with Crippen LogP contribution in [0.1, 0.15) is 33.6 Å². The van der Waals surface area contributed by atoms with Crippen LogP contribution in [0.15, 0.2) is 0 Å². The van der Waals surface area contributed by atoms with Crippen molar-refractivity contribution in [1.82, 2.24) is 9.80 Å². The van der Waals surface area contributed by atoms with E-state index in [1.807, 2.05) is 20.8 Å². The number of rotatable bonds is 2. The summed E-state index contributed by atoms with van der Waals surface area (Å²) in [6.07, 6.45) is 1.70. The molecule has 1 saturated heterocycles. The first-order chi connectivity index (χ1) is 7.81. The highest BCUT2D eigenvalue weighted by Gasteiger charge is 2.45. The fourth-order valence-corrected chi connectivity index (χ4v) is 2.42. The molecule has 1 atom stereocenters. The summed E-state index contributed by atoms with van der Waals surface area (Å²) in [6.45, 7) is 6.82. The number of nitrogens with zero attached hydrogens (tertiary/aromatic N) is 2. The average molecular weight is 242 g/mol. The molecule has 1 heterocycles. The molecule has 0 saturated carbocycles. The summed E-state index contributed by atoms with van der Waals surface area (Å²) in [7, 11) is 1.70. The minimum atomic E-state index is -0.910.